The van der Waals surface area contributed by atoms with Gasteiger partial charge in [0.15, 0.2) is 0 Å². The van der Waals surface area contributed by atoms with Crippen molar-refractivity contribution in [2.75, 3.05) is 12.4 Å². The zero-order valence-electron chi connectivity index (χ0n) is 11.1. The number of ether oxygens (including phenoxy) is 1. The van der Waals surface area contributed by atoms with Crippen molar-refractivity contribution in [1.82, 2.24) is 0 Å². The number of hydrogen-bond donors (Lipinski definition) is 1. The number of amides is 1. The fraction of sp³-hybridized carbons (Fsp3) is 0.188. The molecule has 0 unspecified atom stereocenters. The summed E-state index contributed by atoms with van der Waals surface area (Å²) in [6, 6.07) is 17.1. The van der Waals surface area contributed by atoms with Crippen LogP contribution in [0.5, 0.6) is 5.75 Å². The van der Waals surface area contributed by atoms with Crippen LogP contribution < -0.4 is 10.1 Å². The third-order valence-electron chi connectivity index (χ3n) is 3.06. The zero-order chi connectivity index (χ0) is 13.7. The molecule has 0 saturated carbocycles. The van der Waals surface area contributed by atoms with E-state index in [1.54, 1.807) is 7.11 Å². The number of methoxy groups -OCH3 is 1. The zero-order valence-corrected chi connectivity index (χ0v) is 11.1. The minimum atomic E-state index is -0.203. The molecular weight excluding hydrogens is 238 g/mol. The van der Waals surface area contributed by atoms with Crippen molar-refractivity contribution in [3.8, 4) is 5.75 Å². The largest absolute Gasteiger partial charge is 0.495 e. The highest BCUT2D eigenvalue weighted by Crippen LogP contribution is 2.25. The second-order valence-corrected chi connectivity index (χ2v) is 4.32. The first kappa shape index (κ1) is 13.1. The van der Waals surface area contributed by atoms with Gasteiger partial charge >= 0.3 is 0 Å². The number of nitrogens with one attached hydrogen (secondary N) is 1. The maximum atomic E-state index is 12.2. The normalized spacial score (nSPS) is 11.7. The predicted octanol–water partition coefficient (Wildman–Crippen LogP) is 3.44. The van der Waals surface area contributed by atoms with E-state index in [9.17, 15) is 4.79 Å². The maximum absolute atomic E-state index is 12.2. The summed E-state index contributed by atoms with van der Waals surface area (Å²) in [5.74, 6) is 0.415. The van der Waals surface area contributed by atoms with E-state index in [0.717, 1.165) is 5.56 Å². The molecule has 0 aliphatic heterocycles. The van der Waals surface area contributed by atoms with Crippen molar-refractivity contribution in [2.45, 2.75) is 12.8 Å². The number of para-hydroxylation sites is 2. The number of rotatable bonds is 4. The van der Waals surface area contributed by atoms with Gasteiger partial charge in [0.1, 0.15) is 5.75 Å². The Morgan fingerprint density at radius 2 is 1.68 bits per heavy atom. The maximum Gasteiger partial charge on any atom is 0.231 e. The first-order valence-electron chi connectivity index (χ1n) is 6.21. The van der Waals surface area contributed by atoms with Gasteiger partial charge in [-0.2, -0.15) is 0 Å². The first-order valence-corrected chi connectivity index (χ1v) is 6.21. The van der Waals surface area contributed by atoms with E-state index < -0.39 is 0 Å². The van der Waals surface area contributed by atoms with Gasteiger partial charge in [-0.3, -0.25) is 4.79 Å². The predicted molar refractivity (Wildman–Crippen MR) is 76.5 cm³/mol. The van der Waals surface area contributed by atoms with Crippen molar-refractivity contribution in [3.05, 3.63) is 60.2 Å². The van der Waals surface area contributed by atoms with Crippen molar-refractivity contribution in [1.29, 1.82) is 0 Å². The van der Waals surface area contributed by atoms with E-state index in [2.05, 4.69) is 5.32 Å². The average molecular weight is 255 g/mol. The van der Waals surface area contributed by atoms with Gasteiger partial charge in [0.25, 0.3) is 0 Å². The molecule has 1 atom stereocenters. The fourth-order valence-corrected chi connectivity index (χ4v) is 1.88. The Kier molecular flexibility index (Phi) is 4.18. The van der Waals surface area contributed by atoms with Crippen LogP contribution in [0.4, 0.5) is 5.69 Å². The van der Waals surface area contributed by atoms with Crippen LogP contribution in [0.3, 0.4) is 0 Å². The molecule has 3 heteroatoms. The highest BCUT2D eigenvalue weighted by molar-refractivity contribution is 5.96. The molecule has 0 heterocycles. The van der Waals surface area contributed by atoms with Crippen LogP contribution in [-0.4, -0.2) is 13.0 Å². The Morgan fingerprint density at radius 1 is 1.05 bits per heavy atom. The van der Waals surface area contributed by atoms with Crippen LogP contribution >= 0.6 is 0 Å². The summed E-state index contributed by atoms with van der Waals surface area (Å²) in [7, 11) is 1.59. The lowest BCUT2D eigenvalue weighted by Crippen LogP contribution is -2.19. The van der Waals surface area contributed by atoms with E-state index in [1.165, 1.54) is 0 Å². The minimum absolute atomic E-state index is 0.0456. The minimum Gasteiger partial charge on any atom is -0.495 e. The van der Waals surface area contributed by atoms with Gasteiger partial charge < -0.3 is 10.1 Å². The average Bonchev–Trinajstić information content (AvgIpc) is 2.48. The van der Waals surface area contributed by atoms with Gasteiger partial charge in [-0.05, 0) is 24.6 Å². The number of benzene rings is 2. The summed E-state index contributed by atoms with van der Waals surface area (Å²) in [6.07, 6.45) is 0. The molecule has 0 saturated heterocycles. The highest BCUT2D eigenvalue weighted by Gasteiger charge is 2.16. The summed E-state index contributed by atoms with van der Waals surface area (Å²) in [6.45, 7) is 1.89. The Morgan fingerprint density at radius 3 is 2.37 bits per heavy atom. The summed E-state index contributed by atoms with van der Waals surface area (Å²) < 4.78 is 5.22. The van der Waals surface area contributed by atoms with Crippen molar-refractivity contribution < 1.29 is 9.53 Å². The lowest BCUT2D eigenvalue weighted by molar-refractivity contribution is -0.117. The van der Waals surface area contributed by atoms with E-state index in [0.29, 0.717) is 11.4 Å². The number of anilines is 1. The third kappa shape index (κ3) is 3.13. The molecule has 0 aliphatic rings. The van der Waals surface area contributed by atoms with E-state index >= 15 is 0 Å². The van der Waals surface area contributed by atoms with Crippen molar-refractivity contribution in [3.63, 3.8) is 0 Å². The molecule has 0 radical (unpaired) electrons. The highest BCUT2D eigenvalue weighted by atomic mass is 16.5. The SMILES string of the molecule is COc1ccccc1NC(=O)[C@H](C)c1ccccc1. The molecule has 19 heavy (non-hydrogen) atoms. The molecule has 0 aliphatic carbocycles. The molecule has 1 amide bonds. The Bertz CT molecular complexity index is 552. The smallest absolute Gasteiger partial charge is 0.231 e. The molecule has 0 aromatic heterocycles. The summed E-state index contributed by atoms with van der Waals surface area (Å²) in [4.78, 5) is 12.2. The van der Waals surface area contributed by atoms with Crippen LogP contribution in [0.15, 0.2) is 54.6 Å². The fourth-order valence-electron chi connectivity index (χ4n) is 1.88. The van der Waals surface area contributed by atoms with E-state index in [1.807, 2.05) is 61.5 Å². The number of carbonyl (C=O) groups is 1. The standard InChI is InChI=1S/C16H17NO2/c1-12(13-8-4-3-5-9-13)16(18)17-14-10-6-7-11-15(14)19-2/h3-12H,1-2H3,(H,17,18)/t12-/m1/s1. The molecule has 2 aromatic carbocycles. The van der Waals surface area contributed by atoms with Gasteiger partial charge in [0.2, 0.25) is 5.91 Å². The molecule has 0 spiro atoms. The lowest BCUT2D eigenvalue weighted by Gasteiger charge is -2.14. The molecule has 98 valence electrons. The van der Waals surface area contributed by atoms with Crippen LogP contribution in [0.25, 0.3) is 0 Å². The Hall–Kier alpha value is -2.29. The second kappa shape index (κ2) is 6.05. The van der Waals surface area contributed by atoms with Crippen LogP contribution in [0.1, 0.15) is 18.4 Å². The quantitative estimate of drug-likeness (QED) is 0.908. The van der Waals surface area contributed by atoms with Crippen LogP contribution in [-0.2, 0) is 4.79 Å². The van der Waals surface area contributed by atoms with Crippen molar-refractivity contribution >= 4 is 11.6 Å². The molecule has 1 N–H and O–H groups in total. The molecule has 2 rings (SSSR count). The van der Waals surface area contributed by atoms with Crippen molar-refractivity contribution in [2.24, 2.45) is 0 Å². The van der Waals surface area contributed by atoms with Gasteiger partial charge in [-0.15, -0.1) is 0 Å². The molecule has 3 nitrogen and oxygen atoms in total. The van der Waals surface area contributed by atoms with Gasteiger partial charge in [-0.25, -0.2) is 0 Å². The lowest BCUT2D eigenvalue weighted by atomic mass is 10.0. The van der Waals surface area contributed by atoms with Crippen LogP contribution in [0.2, 0.25) is 0 Å². The second-order valence-electron chi connectivity index (χ2n) is 4.32. The topological polar surface area (TPSA) is 38.3 Å². The molecule has 0 fully saturated rings. The Labute approximate surface area is 113 Å². The molecule has 0 bridgehead atoms. The van der Waals surface area contributed by atoms with E-state index in [-0.39, 0.29) is 11.8 Å². The Balaban J connectivity index is 2.13. The third-order valence-corrected chi connectivity index (χ3v) is 3.06. The first-order chi connectivity index (χ1) is 9.22. The summed E-state index contributed by atoms with van der Waals surface area (Å²) >= 11 is 0. The van der Waals surface area contributed by atoms with Gasteiger partial charge in [0, 0.05) is 0 Å². The number of carbonyl (C=O) groups excluding carboxylic acids is 1. The van der Waals surface area contributed by atoms with Crippen LogP contribution in [0, 0.1) is 0 Å². The monoisotopic (exact) mass is 255 g/mol. The van der Waals surface area contributed by atoms with Gasteiger partial charge in [0.05, 0.1) is 18.7 Å². The molecular formula is C16H17NO2. The number of hydrogen-bond acceptors (Lipinski definition) is 2. The van der Waals surface area contributed by atoms with Gasteiger partial charge in [-0.1, -0.05) is 42.5 Å². The molecule has 2 aromatic rings. The van der Waals surface area contributed by atoms with E-state index in [4.69, 9.17) is 4.74 Å². The summed E-state index contributed by atoms with van der Waals surface area (Å²) in [5.41, 5.74) is 1.69. The summed E-state index contributed by atoms with van der Waals surface area (Å²) in [5, 5.41) is 2.90.